The lowest BCUT2D eigenvalue weighted by Gasteiger charge is -2.19. The van der Waals surface area contributed by atoms with Gasteiger partial charge in [0.15, 0.2) is 11.5 Å². The highest BCUT2D eigenvalue weighted by molar-refractivity contribution is 14.1. The fourth-order valence-corrected chi connectivity index (χ4v) is 7.47. The summed E-state index contributed by atoms with van der Waals surface area (Å²) in [7, 11) is 0. The van der Waals surface area contributed by atoms with Crippen LogP contribution in [0.5, 0.6) is 17.2 Å². The lowest BCUT2D eigenvalue weighted by Crippen LogP contribution is -2.14. The molecule has 0 spiro atoms. The molecule has 0 saturated heterocycles. The van der Waals surface area contributed by atoms with E-state index >= 15 is 0 Å². The molecule has 0 aliphatic rings. The molecule has 2 rings (SSSR count). The average Bonchev–Trinajstić information content (AvgIpc) is 3.19. The monoisotopic (exact) mass is 876 g/mol. The van der Waals surface area contributed by atoms with Gasteiger partial charge in [-0.3, -0.25) is 4.79 Å². The standard InChI is InChI=1S/C49H82INO4/c1-4-7-10-13-16-19-22-25-28-31-38-53-46-41-43(49(52)51-45-36-34-44(50)35-37-45)42-47(54-39-32-29-26-23-20-17-14-11-8-5-2)48(46)55-40-33-30-27-24-21-18-15-12-9-6-3/h34-37,41-42H,4-33,38-40H2,1-3H3,(H,51,52). The molecule has 0 aliphatic heterocycles. The summed E-state index contributed by atoms with van der Waals surface area (Å²) in [5.41, 5.74) is 1.30. The van der Waals surface area contributed by atoms with E-state index in [2.05, 4.69) is 48.7 Å². The topological polar surface area (TPSA) is 56.8 Å². The fourth-order valence-electron chi connectivity index (χ4n) is 7.11. The summed E-state index contributed by atoms with van der Waals surface area (Å²) in [6.07, 6.45) is 38.4. The molecular formula is C49H82INO4. The first-order valence-electron chi connectivity index (χ1n) is 23.2. The summed E-state index contributed by atoms with van der Waals surface area (Å²) in [6, 6.07) is 11.6. The molecule has 0 atom stereocenters. The highest BCUT2D eigenvalue weighted by Gasteiger charge is 2.19. The van der Waals surface area contributed by atoms with Crippen molar-refractivity contribution >= 4 is 34.2 Å². The normalized spacial score (nSPS) is 11.2. The lowest BCUT2D eigenvalue weighted by molar-refractivity contribution is 0.102. The summed E-state index contributed by atoms with van der Waals surface area (Å²) < 4.78 is 20.6. The van der Waals surface area contributed by atoms with Crippen molar-refractivity contribution in [1.29, 1.82) is 0 Å². The number of amides is 1. The van der Waals surface area contributed by atoms with E-state index in [4.69, 9.17) is 14.2 Å². The number of carbonyl (C=O) groups is 1. The quantitative estimate of drug-likeness (QED) is 0.0539. The third kappa shape index (κ3) is 25.8. The van der Waals surface area contributed by atoms with Gasteiger partial charge in [0, 0.05) is 14.8 Å². The zero-order chi connectivity index (χ0) is 39.4. The first-order chi connectivity index (χ1) is 27.1. The van der Waals surface area contributed by atoms with E-state index in [0.717, 1.165) is 47.8 Å². The Morgan fingerprint density at radius 2 is 0.764 bits per heavy atom. The van der Waals surface area contributed by atoms with E-state index in [-0.39, 0.29) is 5.91 Å². The summed E-state index contributed by atoms with van der Waals surface area (Å²) in [5.74, 6) is 1.73. The van der Waals surface area contributed by atoms with E-state index in [9.17, 15) is 4.79 Å². The number of nitrogens with one attached hydrogen (secondary N) is 1. The zero-order valence-electron chi connectivity index (χ0n) is 35.8. The van der Waals surface area contributed by atoms with Crippen LogP contribution in [0.15, 0.2) is 36.4 Å². The van der Waals surface area contributed by atoms with Gasteiger partial charge < -0.3 is 19.5 Å². The average molecular weight is 876 g/mol. The Bertz CT molecular complexity index is 1140. The number of rotatable bonds is 38. The Morgan fingerprint density at radius 3 is 1.11 bits per heavy atom. The number of anilines is 1. The number of hydrogen-bond donors (Lipinski definition) is 1. The number of hydrogen-bond acceptors (Lipinski definition) is 4. The van der Waals surface area contributed by atoms with Gasteiger partial charge >= 0.3 is 0 Å². The molecule has 314 valence electrons. The molecule has 0 aliphatic carbocycles. The largest absolute Gasteiger partial charge is 0.490 e. The highest BCUT2D eigenvalue weighted by Crippen LogP contribution is 2.40. The van der Waals surface area contributed by atoms with Crippen LogP contribution in [0.3, 0.4) is 0 Å². The van der Waals surface area contributed by atoms with Gasteiger partial charge in [-0.2, -0.15) is 0 Å². The van der Waals surface area contributed by atoms with Crippen molar-refractivity contribution < 1.29 is 19.0 Å². The second kappa shape index (κ2) is 35.2. The molecule has 6 heteroatoms. The summed E-state index contributed by atoms with van der Waals surface area (Å²) >= 11 is 2.28. The van der Waals surface area contributed by atoms with E-state index < -0.39 is 0 Å². The van der Waals surface area contributed by atoms with Gasteiger partial charge in [-0.25, -0.2) is 0 Å². The molecular weight excluding hydrogens is 793 g/mol. The maximum Gasteiger partial charge on any atom is 0.255 e. The molecule has 2 aromatic carbocycles. The second-order valence-corrected chi connectivity index (χ2v) is 17.1. The molecule has 0 saturated carbocycles. The first kappa shape index (κ1) is 49.2. The Labute approximate surface area is 352 Å². The Kier molecular flexibility index (Phi) is 31.5. The number of halogens is 1. The van der Waals surface area contributed by atoms with Crippen LogP contribution in [0.2, 0.25) is 0 Å². The van der Waals surface area contributed by atoms with Crippen molar-refractivity contribution in [3.05, 3.63) is 45.5 Å². The van der Waals surface area contributed by atoms with Crippen molar-refractivity contribution in [1.82, 2.24) is 0 Å². The third-order valence-corrected chi connectivity index (χ3v) is 11.4. The number of carbonyl (C=O) groups excluding carboxylic acids is 1. The van der Waals surface area contributed by atoms with Gasteiger partial charge in [0.2, 0.25) is 5.75 Å². The van der Waals surface area contributed by atoms with E-state index in [1.165, 1.54) is 154 Å². The van der Waals surface area contributed by atoms with Gasteiger partial charge in [-0.1, -0.05) is 194 Å². The van der Waals surface area contributed by atoms with Gasteiger partial charge in [-0.15, -0.1) is 0 Å². The maximum absolute atomic E-state index is 13.6. The van der Waals surface area contributed by atoms with Crippen LogP contribution in [-0.2, 0) is 0 Å². The Balaban J connectivity index is 2.05. The highest BCUT2D eigenvalue weighted by atomic mass is 127. The minimum absolute atomic E-state index is 0.171. The molecule has 0 fully saturated rings. The Hall–Kier alpha value is -1.96. The zero-order valence-corrected chi connectivity index (χ0v) is 38.0. The number of unbranched alkanes of at least 4 members (excludes halogenated alkanes) is 27. The van der Waals surface area contributed by atoms with Crippen molar-refractivity contribution in [3.8, 4) is 17.2 Å². The summed E-state index contributed by atoms with van der Waals surface area (Å²) in [6.45, 7) is 8.66. The van der Waals surface area contributed by atoms with Crippen LogP contribution in [0.1, 0.15) is 224 Å². The van der Waals surface area contributed by atoms with Crippen molar-refractivity contribution in [2.24, 2.45) is 0 Å². The first-order valence-corrected chi connectivity index (χ1v) is 24.3. The molecule has 0 heterocycles. The van der Waals surface area contributed by atoms with Gasteiger partial charge in [-0.05, 0) is 78.3 Å². The van der Waals surface area contributed by atoms with Gasteiger partial charge in [0.1, 0.15) is 0 Å². The van der Waals surface area contributed by atoms with Crippen LogP contribution < -0.4 is 19.5 Å². The van der Waals surface area contributed by atoms with Crippen LogP contribution in [0.4, 0.5) is 5.69 Å². The maximum atomic E-state index is 13.6. The molecule has 1 N–H and O–H groups in total. The van der Waals surface area contributed by atoms with Crippen molar-refractivity contribution in [2.45, 2.75) is 213 Å². The number of benzene rings is 2. The van der Waals surface area contributed by atoms with E-state index in [1.807, 2.05) is 36.4 Å². The van der Waals surface area contributed by atoms with Crippen LogP contribution in [0.25, 0.3) is 0 Å². The fraction of sp³-hybridized carbons (Fsp3) is 0.735. The minimum atomic E-state index is -0.171. The predicted molar refractivity (Wildman–Crippen MR) is 246 cm³/mol. The molecule has 1 amide bonds. The summed E-state index contributed by atoms with van der Waals surface area (Å²) in [4.78, 5) is 13.6. The lowest BCUT2D eigenvalue weighted by atomic mass is 10.1. The van der Waals surface area contributed by atoms with Gasteiger partial charge in [0.05, 0.1) is 19.8 Å². The van der Waals surface area contributed by atoms with Crippen LogP contribution >= 0.6 is 22.6 Å². The predicted octanol–water partition coefficient (Wildman–Crippen LogP) is 16.4. The third-order valence-electron chi connectivity index (χ3n) is 10.6. The molecule has 55 heavy (non-hydrogen) atoms. The molecule has 0 unspecified atom stereocenters. The molecule has 0 aromatic heterocycles. The van der Waals surface area contributed by atoms with Crippen molar-refractivity contribution in [2.75, 3.05) is 25.1 Å². The molecule has 2 aromatic rings. The van der Waals surface area contributed by atoms with Crippen LogP contribution in [-0.4, -0.2) is 25.7 Å². The van der Waals surface area contributed by atoms with Crippen LogP contribution in [0, 0.1) is 3.57 Å². The van der Waals surface area contributed by atoms with E-state index in [0.29, 0.717) is 42.6 Å². The summed E-state index contributed by atoms with van der Waals surface area (Å²) in [5, 5.41) is 3.08. The number of ether oxygens (including phenoxy) is 3. The SMILES string of the molecule is CCCCCCCCCCCCOc1cc(C(=O)Nc2ccc(I)cc2)cc(OCCCCCCCCCCCC)c1OCCCCCCCCCCCC. The van der Waals surface area contributed by atoms with E-state index in [1.54, 1.807) is 0 Å². The Morgan fingerprint density at radius 1 is 0.455 bits per heavy atom. The minimum Gasteiger partial charge on any atom is -0.490 e. The smallest absolute Gasteiger partial charge is 0.255 e. The molecule has 0 radical (unpaired) electrons. The molecule has 0 bridgehead atoms. The van der Waals surface area contributed by atoms with Crippen molar-refractivity contribution in [3.63, 3.8) is 0 Å². The van der Waals surface area contributed by atoms with Gasteiger partial charge in [0.25, 0.3) is 5.91 Å². The second-order valence-electron chi connectivity index (χ2n) is 15.9. The molecule has 5 nitrogen and oxygen atoms in total.